The highest BCUT2D eigenvalue weighted by Gasteiger charge is 2.46. The van der Waals surface area contributed by atoms with Crippen molar-refractivity contribution in [1.29, 1.82) is 0 Å². The molecule has 1 aromatic carbocycles. The van der Waals surface area contributed by atoms with Crippen LogP contribution in [-0.4, -0.2) is 23.5 Å². The van der Waals surface area contributed by atoms with E-state index in [1.165, 1.54) is 26.0 Å². The number of esters is 2. The van der Waals surface area contributed by atoms with Crippen LogP contribution in [-0.2, 0) is 23.9 Å². The molecule has 1 aliphatic rings. The van der Waals surface area contributed by atoms with Crippen LogP contribution in [0.1, 0.15) is 19.4 Å². The molecule has 0 unspecified atom stereocenters. The molecule has 0 radical (unpaired) electrons. The van der Waals surface area contributed by atoms with Gasteiger partial charge in [-0.3, -0.25) is 14.4 Å². The van der Waals surface area contributed by atoms with Gasteiger partial charge in [0.25, 0.3) is 5.79 Å². The first-order valence-corrected chi connectivity index (χ1v) is 6.12. The molecule has 104 valence electrons. The number of rotatable bonds is 3. The fourth-order valence-corrected chi connectivity index (χ4v) is 1.79. The van der Waals surface area contributed by atoms with Gasteiger partial charge in [0.1, 0.15) is 0 Å². The SMILES string of the molecule is CC1(C)OC(=O)C(C(=O)C=Cc2ccccc2)C(=O)O1. The van der Waals surface area contributed by atoms with E-state index in [1.807, 2.05) is 18.2 Å². The Bertz CT molecular complexity index is 551. The molecule has 2 rings (SSSR count). The molecular weight excluding hydrogens is 260 g/mol. The summed E-state index contributed by atoms with van der Waals surface area (Å²) in [7, 11) is 0. The minimum atomic E-state index is -1.54. The molecule has 0 bridgehead atoms. The number of hydrogen-bond acceptors (Lipinski definition) is 5. The van der Waals surface area contributed by atoms with Gasteiger partial charge in [-0.05, 0) is 11.6 Å². The van der Waals surface area contributed by atoms with Crippen LogP contribution < -0.4 is 0 Å². The first kappa shape index (κ1) is 14.0. The molecule has 5 nitrogen and oxygen atoms in total. The van der Waals surface area contributed by atoms with Gasteiger partial charge in [-0.2, -0.15) is 0 Å². The Morgan fingerprint density at radius 2 is 1.65 bits per heavy atom. The van der Waals surface area contributed by atoms with E-state index in [0.717, 1.165) is 5.56 Å². The molecule has 0 N–H and O–H groups in total. The van der Waals surface area contributed by atoms with Crippen molar-refractivity contribution in [3.8, 4) is 0 Å². The Morgan fingerprint density at radius 3 is 2.20 bits per heavy atom. The number of ketones is 1. The van der Waals surface area contributed by atoms with Crippen molar-refractivity contribution >= 4 is 23.8 Å². The lowest BCUT2D eigenvalue weighted by Gasteiger charge is -2.31. The third kappa shape index (κ3) is 3.12. The molecular formula is C15H14O5. The van der Waals surface area contributed by atoms with Gasteiger partial charge >= 0.3 is 11.9 Å². The molecule has 1 heterocycles. The standard InChI is InChI=1S/C15H14O5/c1-15(2)19-13(17)12(14(18)20-15)11(16)9-8-10-6-4-3-5-7-10/h3-9,12H,1-2H3. The zero-order valence-corrected chi connectivity index (χ0v) is 11.2. The number of hydrogen-bond donors (Lipinski definition) is 0. The van der Waals surface area contributed by atoms with E-state index in [-0.39, 0.29) is 0 Å². The van der Waals surface area contributed by atoms with Crippen LogP contribution in [0.25, 0.3) is 6.08 Å². The van der Waals surface area contributed by atoms with E-state index < -0.39 is 29.4 Å². The number of carbonyl (C=O) groups excluding carboxylic acids is 3. The van der Waals surface area contributed by atoms with E-state index in [1.54, 1.807) is 12.1 Å². The molecule has 1 fully saturated rings. The van der Waals surface area contributed by atoms with E-state index >= 15 is 0 Å². The van der Waals surface area contributed by atoms with Crippen molar-refractivity contribution in [3.05, 3.63) is 42.0 Å². The predicted octanol–water partition coefficient (Wildman–Crippen LogP) is 1.72. The third-order valence-corrected chi connectivity index (χ3v) is 2.69. The zero-order chi connectivity index (χ0) is 14.8. The van der Waals surface area contributed by atoms with E-state index in [0.29, 0.717) is 0 Å². The van der Waals surface area contributed by atoms with Crippen molar-refractivity contribution in [1.82, 2.24) is 0 Å². The maximum Gasteiger partial charge on any atom is 0.331 e. The highest BCUT2D eigenvalue weighted by atomic mass is 16.7. The van der Waals surface area contributed by atoms with E-state index in [2.05, 4.69) is 0 Å². The number of benzene rings is 1. The van der Waals surface area contributed by atoms with Gasteiger partial charge < -0.3 is 9.47 Å². The van der Waals surface area contributed by atoms with Crippen LogP contribution in [0.2, 0.25) is 0 Å². The predicted molar refractivity (Wildman–Crippen MR) is 70.2 cm³/mol. The Labute approximate surface area is 116 Å². The summed E-state index contributed by atoms with van der Waals surface area (Å²) in [5.74, 6) is -5.28. The van der Waals surface area contributed by atoms with Gasteiger partial charge in [-0.1, -0.05) is 36.4 Å². The lowest BCUT2D eigenvalue weighted by atomic mass is 10.0. The normalized spacial score (nSPS) is 18.7. The molecule has 1 aliphatic heterocycles. The van der Waals surface area contributed by atoms with Gasteiger partial charge in [0.15, 0.2) is 5.78 Å². The maximum atomic E-state index is 11.9. The van der Waals surface area contributed by atoms with E-state index in [9.17, 15) is 14.4 Å². The number of cyclic esters (lactones) is 2. The van der Waals surface area contributed by atoms with Crippen molar-refractivity contribution in [2.24, 2.45) is 5.92 Å². The van der Waals surface area contributed by atoms with Crippen LogP contribution in [0.4, 0.5) is 0 Å². The summed E-state index contributed by atoms with van der Waals surface area (Å²) in [6.07, 6.45) is 2.71. The molecule has 0 aliphatic carbocycles. The van der Waals surface area contributed by atoms with Crippen molar-refractivity contribution in [3.63, 3.8) is 0 Å². The first-order chi connectivity index (χ1) is 9.39. The first-order valence-electron chi connectivity index (χ1n) is 6.12. The highest BCUT2D eigenvalue weighted by molar-refractivity contribution is 6.20. The molecule has 0 aromatic heterocycles. The Balaban J connectivity index is 2.12. The summed E-state index contributed by atoms with van der Waals surface area (Å²) in [4.78, 5) is 35.3. The molecule has 20 heavy (non-hydrogen) atoms. The van der Waals surface area contributed by atoms with Crippen LogP contribution in [0.3, 0.4) is 0 Å². The second kappa shape index (κ2) is 5.28. The highest BCUT2D eigenvalue weighted by Crippen LogP contribution is 2.24. The number of allylic oxidation sites excluding steroid dienone is 1. The Morgan fingerprint density at radius 1 is 1.10 bits per heavy atom. The van der Waals surface area contributed by atoms with E-state index in [4.69, 9.17) is 9.47 Å². The summed E-state index contributed by atoms with van der Waals surface area (Å²) in [5, 5.41) is 0. The van der Waals surface area contributed by atoms with Gasteiger partial charge in [0.05, 0.1) is 0 Å². The monoisotopic (exact) mass is 274 g/mol. The van der Waals surface area contributed by atoms with Crippen LogP contribution in [0.15, 0.2) is 36.4 Å². The molecule has 0 atom stereocenters. The van der Waals surface area contributed by atoms with Gasteiger partial charge in [0, 0.05) is 13.8 Å². The Kier molecular flexibility index (Phi) is 3.70. The summed E-state index contributed by atoms with van der Waals surface area (Å²) in [5.41, 5.74) is 0.790. The summed E-state index contributed by atoms with van der Waals surface area (Å²) in [6, 6.07) is 9.07. The molecule has 0 saturated carbocycles. The lowest BCUT2D eigenvalue weighted by molar-refractivity contribution is -0.238. The van der Waals surface area contributed by atoms with Gasteiger partial charge in [-0.15, -0.1) is 0 Å². The molecule has 0 amide bonds. The molecule has 1 aromatic rings. The quantitative estimate of drug-likeness (QED) is 0.477. The second-order valence-corrected chi connectivity index (χ2v) is 4.82. The number of carbonyl (C=O) groups is 3. The van der Waals surface area contributed by atoms with Gasteiger partial charge in [0.2, 0.25) is 5.92 Å². The minimum Gasteiger partial charge on any atom is -0.422 e. The largest absolute Gasteiger partial charge is 0.422 e. The average Bonchev–Trinajstić information content (AvgIpc) is 2.35. The molecule has 0 spiro atoms. The zero-order valence-electron chi connectivity index (χ0n) is 11.2. The second-order valence-electron chi connectivity index (χ2n) is 4.82. The average molecular weight is 274 g/mol. The van der Waals surface area contributed by atoms with Crippen LogP contribution >= 0.6 is 0 Å². The number of ether oxygens (including phenoxy) is 2. The Hall–Kier alpha value is -2.43. The molecule has 5 heteroatoms. The minimum absolute atomic E-state index is 0.653. The van der Waals surface area contributed by atoms with Crippen LogP contribution in [0.5, 0.6) is 0 Å². The van der Waals surface area contributed by atoms with Crippen molar-refractivity contribution in [2.45, 2.75) is 19.6 Å². The summed E-state index contributed by atoms with van der Waals surface area (Å²) in [6.45, 7) is 2.87. The smallest absolute Gasteiger partial charge is 0.331 e. The van der Waals surface area contributed by atoms with Gasteiger partial charge in [-0.25, -0.2) is 0 Å². The van der Waals surface area contributed by atoms with Crippen molar-refractivity contribution in [2.75, 3.05) is 0 Å². The third-order valence-electron chi connectivity index (χ3n) is 2.69. The fourth-order valence-electron chi connectivity index (χ4n) is 1.79. The fraction of sp³-hybridized carbons (Fsp3) is 0.267. The summed E-state index contributed by atoms with van der Waals surface area (Å²) < 4.78 is 9.79. The topological polar surface area (TPSA) is 69.7 Å². The van der Waals surface area contributed by atoms with Crippen LogP contribution in [0, 0.1) is 5.92 Å². The molecule has 1 saturated heterocycles. The lowest BCUT2D eigenvalue weighted by Crippen LogP contribution is -2.48. The summed E-state index contributed by atoms with van der Waals surface area (Å²) >= 11 is 0. The maximum absolute atomic E-state index is 11.9. The van der Waals surface area contributed by atoms with Crippen molar-refractivity contribution < 1.29 is 23.9 Å².